The van der Waals surface area contributed by atoms with E-state index in [1.165, 1.54) is 0 Å². The Hall–Kier alpha value is -3.31. The van der Waals surface area contributed by atoms with Crippen LogP contribution in [0, 0.1) is 0 Å². The fraction of sp³-hybridized carbons (Fsp3) is 0.0476. The SMILES string of the molecule is O=C(COc1ccccc1C(=O)Nc1ccccc1)Nc1ccc(Cl)cc1. The van der Waals surface area contributed by atoms with Crippen LogP contribution in [-0.2, 0) is 4.79 Å². The molecule has 0 radical (unpaired) electrons. The highest BCUT2D eigenvalue weighted by Crippen LogP contribution is 2.20. The Balaban J connectivity index is 1.62. The van der Waals surface area contributed by atoms with E-state index in [1.54, 1.807) is 60.7 Å². The summed E-state index contributed by atoms with van der Waals surface area (Å²) in [6, 6.07) is 22.6. The van der Waals surface area contributed by atoms with Gasteiger partial charge in [0, 0.05) is 16.4 Å². The predicted octanol–water partition coefficient (Wildman–Crippen LogP) is 4.61. The second-order valence-corrected chi connectivity index (χ2v) is 6.10. The fourth-order valence-corrected chi connectivity index (χ4v) is 2.50. The lowest BCUT2D eigenvalue weighted by atomic mass is 10.2. The Labute approximate surface area is 161 Å². The molecule has 0 bridgehead atoms. The first-order valence-corrected chi connectivity index (χ1v) is 8.63. The third-order valence-electron chi connectivity index (χ3n) is 3.65. The Morgan fingerprint density at radius 3 is 2.15 bits per heavy atom. The predicted molar refractivity (Wildman–Crippen MR) is 106 cm³/mol. The number of anilines is 2. The fourth-order valence-electron chi connectivity index (χ4n) is 2.37. The van der Waals surface area contributed by atoms with Gasteiger partial charge in [0.05, 0.1) is 5.56 Å². The minimum atomic E-state index is -0.337. The molecular formula is C21H17ClN2O3. The number of hydrogen-bond donors (Lipinski definition) is 2. The van der Waals surface area contributed by atoms with Crippen molar-refractivity contribution in [3.8, 4) is 5.75 Å². The van der Waals surface area contributed by atoms with Crippen molar-refractivity contribution in [1.82, 2.24) is 0 Å². The third-order valence-corrected chi connectivity index (χ3v) is 3.90. The molecule has 5 nitrogen and oxygen atoms in total. The number of rotatable bonds is 6. The van der Waals surface area contributed by atoms with Gasteiger partial charge in [0.15, 0.2) is 6.61 Å². The Kier molecular flexibility index (Phi) is 6.07. The van der Waals surface area contributed by atoms with E-state index in [0.29, 0.717) is 27.7 Å². The molecule has 0 fully saturated rings. The van der Waals surface area contributed by atoms with Gasteiger partial charge in [0.25, 0.3) is 11.8 Å². The second kappa shape index (κ2) is 8.87. The van der Waals surface area contributed by atoms with Gasteiger partial charge in [-0.05, 0) is 48.5 Å². The molecule has 0 aliphatic carbocycles. The van der Waals surface area contributed by atoms with Gasteiger partial charge in [0.2, 0.25) is 0 Å². The summed E-state index contributed by atoms with van der Waals surface area (Å²) in [4.78, 5) is 24.6. The van der Waals surface area contributed by atoms with E-state index in [0.717, 1.165) is 0 Å². The highest BCUT2D eigenvalue weighted by molar-refractivity contribution is 6.30. The monoisotopic (exact) mass is 380 g/mol. The van der Waals surface area contributed by atoms with Crippen LogP contribution >= 0.6 is 11.6 Å². The van der Waals surface area contributed by atoms with Gasteiger partial charge in [-0.3, -0.25) is 9.59 Å². The molecule has 0 spiro atoms. The van der Waals surface area contributed by atoms with Gasteiger partial charge >= 0.3 is 0 Å². The quantitative estimate of drug-likeness (QED) is 0.656. The number of nitrogens with one attached hydrogen (secondary N) is 2. The van der Waals surface area contributed by atoms with Crippen molar-refractivity contribution in [2.24, 2.45) is 0 Å². The molecule has 3 rings (SSSR count). The molecule has 3 aromatic rings. The van der Waals surface area contributed by atoms with Gasteiger partial charge in [-0.15, -0.1) is 0 Å². The van der Waals surface area contributed by atoms with Crippen molar-refractivity contribution in [2.75, 3.05) is 17.2 Å². The largest absolute Gasteiger partial charge is 0.483 e. The smallest absolute Gasteiger partial charge is 0.262 e. The Morgan fingerprint density at radius 2 is 1.41 bits per heavy atom. The second-order valence-electron chi connectivity index (χ2n) is 5.66. The summed E-state index contributed by atoms with van der Waals surface area (Å²) in [6.45, 7) is -0.224. The van der Waals surface area contributed by atoms with E-state index in [1.807, 2.05) is 18.2 Å². The molecule has 0 saturated carbocycles. The number of hydrogen-bond acceptors (Lipinski definition) is 3. The molecule has 0 aliphatic heterocycles. The highest BCUT2D eigenvalue weighted by atomic mass is 35.5. The summed E-state index contributed by atoms with van der Waals surface area (Å²) in [6.07, 6.45) is 0. The molecule has 0 unspecified atom stereocenters. The van der Waals surface area contributed by atoms with Crippen molar-refractivity contribution in [3.05, 3.63) is 89.4 Å². The van der Waals surface area contributed by atoms with Gasteiger partial charge in [-0.2, -0.15) is 0 Å². The number of halogens is 1. The molecule has 0 aromatic heterocycles. The van der Waals surface area contributed by atoms with Crippen LogP contribution in [0.25, 0.3) is 0 Å². The first-order chi connectivity index (χ1) is 13.1. The number of amides is 2. The lowest BCUT2D eigenvalue weighted by molar-refractivity contribution is -0.118. The molecule has 0 heterocycles. The molecule has 0 atom stereocenters. The van der Waals surface area contributed by atoms with Crippen LogP contribution in [-0.4, -0.2) is 18.4 Å². The van der Waals surface area contributed by atoms with Crippen LogP contribution in [0.2, 0.25) is 5.02 Å². The van der Waals surface area contributed by atoms with Gasteiger partial charge in [-0.25, -0.2) is 0 Å². The van der Waals surface area contributed by atoms with Gasteiger partial charge in [0.1, 0.15) is 5.75 Å². The van der Waals surface area contributed by atoms with E-state index in [-0.39, 0.29) is 18.4 Å². The zero-order valence-electron chi connectivity index (χ0n) is 14.3. The molecule has 0 saturated heterocycles. The van der Waals surface area contributed by atoms with Crippen LogP contribution in [0.1, 0.15) is 10.4 Å². The maximum Gasteiger partial charge on any atom is 0.262 e. The van der Waals surface area contributed by atoms with E-state index >= 15 is 0 Å². The summed E-state index contributed by atoms with van der Waals surface area (Å²) in [5, 5.41) is 6.09. The molecule has 2 N–H and O–H groups in total. The highest BCUT2D eigenvalue weighted by Gasteiger charge is 2.13. The average molecular weight is 381 g/mol. The third kappa shape index (κ3) is 5.33. The van der Waals surface area contributed by atoms with Crippen molar-refractivity contribution in [3.63, 3.8) is 0 Å². The number of para-hydroxylation sites is 2. The first-order valence-electron chi connectivity index (χ1n) is 8.25. The van der Waals surface area contributed by atoms with E-state index < -0.39 is 0 Å². The molecular weight excluding hydrogens is 364 g/mol. The van der Waals surface area contributed by atoms with E-state index in [2.05, 4.69) is 10.6 Å². The maximum atomic E-state index is 12.5. The molecule has 136 valence electrons. The summed E-state index contributed by atoms with van der Waals surface area (Å²) in [5.41, 5.74) is 1.64. The topological polar surface area (TPSA) is 67.4 Å². The van der Waals surface area contributed by atoms with Crippen molar-refractivity contribution < 1.29 is 14.3 Å². The van der Waals surface area contributed by atoms with Crippen LogP contribution in [0.5, 0.6) is 5.75 Å². The van der Waals surface area contributed by atoms with E-state index in [4.69, 9.17) is 16.3 Å². The summed E-state index contributed by atoms with van der Waals surface area (Å²) >= 11 is 5.82. The van der Waals surface area contributed by atoms with Crippen LogP contribution < -0.4 is 15.4 Å². The van der Waals surface area contributed by atoms with E-state index in [9.17, 15) is 9.59 Å². The molecule has 0 aliphatic rings. The van der Waals surface area contributed by atoms with Crippen molar-refractivity contribution in [2.45, 2.75) is 0 Å². The summed E-state index contributed by atoms with van der Waals surface area (Å²) in [7, 11) is 0. The van der Waals surface area contributed by atoms with Crippen molar-refractivity contribution in [1.29, 1.82) is 0 Å². The normalized spacial score (nSPS) is 10.1. The number of ether oxygens (including phenoxy) is 1. The Bertz CT molecular complexity index is 928. The standard InChI is InChI=1S/C21H17ClN2O3/c22-15-10-12-17(13-11-15)23-20(25)14-27-19-9-5-4-8-18(19)21(26)24-16-6-2-1-3-7-16/h1-13H,14H2,(H,23,25)(H,24,26). The number of carbonyl (C=O) groups is 2. The summed E-state index contributed by atoms with van der Waals surface area (Å²) < 4.78 is 5.55. The zero-order chi connectivity index (χ0) is 19.1. The van der Waals surface area contributed by atoms with Crippen molar-refractivity contribution >= 4 is 34.8 Å². The van der Waals surface area contributed by atoms with Gasteiger partial charge in [-0.1, -0.05) is 41.9 Å². The molecule has 27 heavy (non-hydrogen) atoms. The lowest BCUT2D eigenvalue weighted by Crippen LogP contribution is -2.21. The molecule has 2 amide bonds. The zero-order valence-corrected chi connectivity index (χ0v) is 15.1. The van der Waals surface area contributed by atoms with Crippen LogP contribution in [0.3, 0.4) is 0 Å². The number of carbonyl (C=O) groups excluding carboxylic acids is 2. The molecule has 6 heteroatoms. The van der Waals surface area contributed by atoms with Crippen LogP contribution in [0.4, 0.5) is 11.4 Å². The van der Waals surface area contributed by atoms with Crippen LogP contribution in [0.15, 0.2) is 78.9 Å². The average Bonchev–Trinajstić information content (AvgIpc) is 2.69. The molecule has 3 aromatic carbocycles. The minimum Gasteiger partial charge on any atom is -0.483 e. The van der Waals surface area contributed by atoms with Gasteiger partial charge < -0.3 is 15.4 Å². The summed E-state index contributed by atoms with van der Waals surface area (Å²) in [5.74, 6) is -0.317. The minimum absolute atomic E-state index is 0.224. The first kappa shape index (κ1) is 18.5. The lowest BCUT2D eigenvalue weighted by Gasteiger charge is -2.12. The number of benzene rings is 3. The maximum absolute atomic E-state index is 12.5. The Morgan fingerprint density at radius 1 is 0.778 bits per heavy atom.